The van der Waals surface area contributed by atoms with Gasteiger partial charge in [0.1, 0.15) is 11.8 Å². The Bertz CT molecular complexity index is 764. The molecule has 0 saturated heterocycles. The number of nitriles is 1. The Hall–Kier alpha value is -2.84. The maximum Gasteiger partial charge on any atom is 0.258 e. The van der Waals surface area contributed by atoms with Gasteiger partial charge in [-0.15, -0.1) is 0 Å². The van der Waals surface area contributed by atoms with Gasteiger partial charge >= 0.3 is 0 Å². The van der Waals surface area contributed by atoms with Crippen LogP contribution in [-0.4, -0.2) is 30.5 Å². The van der Waals surface area contributed by atoms with E-state index in [9.17, 15) is 4.79 Å². The van der Waals surface area contributed by atoms with Crippen LogP contribution >= 0.6 is 0 Å². The summed E-state index contributed by atoms with van der Waals surface area (Å²) in [7, 11) is 0. The van der Waals surface area contributed by atoms with E-state index in [1.807, 2.05) is 18.2 Å². The third-order valence-corrected chi connectivity index (χ3v) is 4.25. The minimum atomic E-state index is -0.213. The Labute approximate surface area is 155 Å². The second kappa shape index (κ2) is 10.2. The largest absolute Gasteiger partial charge is 0.482 e. The van der Waals surface area contributed by atoms with E-state index >= 15 is 0 Å². The fraction of sp³-hybridized carbons (Fsp3) is 0.333. The van der Waals surface area contributed by atoms with Crippen molar-refractivity contribution in [2.24, 2.45) is 0 Å². The number of carbonyl (C=O) groups excluding carboxylic acids is 1. The summed E-state index contributed by atoms with van der Waals surface area (Å²) in [6.45, 7) is 7.48. The summed E-state index contributed by atoms with van der Waals surface area (Å²) in [5, 5.41) is 11.9. The van der Waals surface area contributed by atoms with Crippen LogP contribution < -0.4 is 10.1 Å². The standard InChI is InChI=1S/C21H25N3O2/c1-3-24(4-2)15-19-11-6-5-10-18(19)14-23-21(25)16-26-20-12-8-7-9-17(20)13-22/h5-12H,3-4,14-16H2,1-2H3,(H,23,25). The number of amides is 1. The number of ether oxygens (including phenoxy) is 1. The van der Waals surface area contributed by atoms with Crippen molar-refractivity contribution in [2.75, 3.05) is 19.7 Å². The summed E-state index contributed by atoms with van der Waals surface area (Å²) in [6.07, 6.45) is 0. The lowest BCUT2D eigenvalue weighted by Gasteiger charge is -2.20. The molecule has 0 aromatic heterocycles. The summed E-state index contributed by atoms with van der Waals surface area (Å²) in [5.41, 5.74) is 2.74. The summed E-state index contributed by atoms with van der Waals surface area (Å²) in [5.74, 6) is 0.211. The first-order valence-electron chi connectivity index (χ1n) is 8.85. The average molecular weight is 351 g/mol. The van der Waals surface area contributed by atoms with Gasteiger partial charge in [-0.25, -0.2) is 0 Å². The molecule has 2 rings (SSSR count). The van der Waals surface area contributed by atoms with Crippen LogP contribution in [0, 0.1) is 11.3 Å². The highest BCUT2D eigenvalue weighted by atomic mass is 16.5. The second-order valence-corrected chi connectivity index (χ2v) is 5.90. The summed E-state index contributed by atoms with van der Waals surface area (Å²) >= 11 is 0. The molecule has 0 radical (unpaired) electrons. The molecule has 26 heavy (non-hydrogen) atoms. The minimum absolute atomic E-state index is 0.114. The zero-order chi connectivity index (χ0) is 18.8. The van der Waals surface area contributed by atoms with Crippen molar-refractivity contribution in [2.45, 2.75) is 26.9 Å². The lowest BCUT2D eigenvalue weighted by atomic mass is 10.1. The molecule has 136 valence electrons. The fourth-order valence-corrected chi connectivity index (χ4v) is 2.65. The summed E-state index contributed by atoms with van der Waals surface area (Å²) in [6, 6.07) is 17.1. The highest BCUT2D eigenvalue weighted by Gasteiger charge is 2.09. The van der Waals surface area contributed by atoms with Gasteiger partial charge in [-0.05, 0) is 36.3 Å². The van der Waals surface area contributed by atoms with E-state index in [0.717, 1.165) is 25.2 Å². The van der Waals surface area contributed by atoms with Crippen LogP contribution in [0.2, 0.25) is 0 Å². The number of benzene rings is 2. The predicted octanol–water partition coefficient (Wildman–Crippen LogP) is 3.10. The smallest absolute Gasteiger partial charge is 0.258 e. The Kier molecular flexibility index (Phi) is 7.66. The number of rotatable bonds is 9. The van der Waals surface area contributed by atoms with Gasteiger partial charge in [0.05, 0.1) is 5.56 Å². The Morgan fingerprint density at radius 1 is 1.08 bits per heavy atom. The topological polar surface area (TPSA) is 65.4 Å². The average Bonchev–Trinajstić information content (AvgIpc) is 2.69. The van der Waals surface area contributed by atoms with Crippen LogP contribution in [-0.2, 0) is 17.9 Å². The van der Waals surface area contributed by atoms with Crippen LogP contribution in [0.4, 0.5) is 0 Å². The molecular weight excluding hydrogens is 326 g/mol. The van der Waals surface area contributed by atoms with E-state index < -0.39 is 0 Å². The highest BCUT2D eigenvalue weighted by Crippen LogP contribution is 2.16. The van der Waals surface area contributed by atoms with Crippen LogP contribution in [0.15, 0.2) is 48.5 Å². The third kappa shape index (κ3) is 5.61. The number of para-hydroxylation sites is 1. The lowest BCUT2D eigenvalue weighted by molar-refractivity contribution is -0.123. The van der Waals surface area contributed by atoms with Gasteiger partial charge in [0, 0.05) is 13.1 Å². The number of nitrogens with zero attached hydrogens (tertiary/aromatic N) is 2. The zero-order valence-corrected chi connectivity index (χ0v) is 15.4. The van der Waals surface area contributed by atoms with Crippen molar-refractivity contribution < 1.29 is 9.53 Å². The first-order valence-corrected chi connectivity index (χ1v) is 8.85. The predicted molar refractivity (Wildman–Crippen MR) is 102 cm³/mol. The van der Waals surface area contributed by atoms with Crippen molar-refractivity contribution in [1.29, 1.82) is 5.26 Å². The molecule has 0 spiro atoms. The second-order valence-electron chi connectivity index (χ2n) is 5.90. The molecule has 5 heteroatoms. The zero-order valence-electron chi connectivity index (χ0n) is 15.4. The van der Waals surface area contributed by atoms with Crippen LogP contribution in [0.1, 0.15) is 30.5 Å². The lowest BCUT2D eigenvalue weighted by Crippen LogP contribution is -2.29. The van der Waals surface area contributed by atoms with Gasteiger partial charge in [-0.3, -0.25) is 9.69 Å². The molecule has 0 saturated carbocycles. The van der Waals surface area contributed by atoms with Crippen LogP contribution in [0.3, 0.4) is 0 Å². The Balaban J connectivity index is 1.90. The van der Waals surface area contributed by atoms with Crippen molar-refractivity contribution >= 4 is 5.91 Å². The molecule has 2 aromatic rings. The molecule has 0 aliphatic carbocycles. The van der Waals surface area contributed by atoms with E-state index in [1.165, 1.54) is 5.56 Å². The number of carbonyl (C=O) groups is 1. The Morgan fingerprint density at radius 2 is 1.73 bits per heavy atom. The number of nitrogens with one attached hydrogen (secondary N) is 1. The summed E-state index contributed by atoms with van der Waals surface area (Å²) in [4.78, 5) is 14.4. The van der Waals surface area contributed by atoms with Crippen molar-refractivity contribution in [1.82, 2.24) is 10.2 Å². The first-order chi connectivity index (χ1) is 12.7. The van der Waals surface area contributed by atoms with Crippen LogP contribution in [0.25, 0.3) is 0 Å². The van der Waals surface area contributed by atoms with Crippen molar-refractivity contribution in [3.8, 4) is 11.8 Å². The maximum absolute atomic E-state index is 12.1. The van der Waals surface area contributed by atoms with Gasteiger partial charge < -0.3 is 10.1 Å². The Morgan fingerprint density at radius 3 is 2.42 bits per heavy atom. The van der Waals surface area contributed by atoms with E-state index in [2.05, 4.69) is 36.2 Å². The molecule has 1 amide bonds. The quantitative estimate of drug-likeness (QED) is 0.754. The maximum atomic E-state index is 12.1. The van der Waals surface area contributed by atoms with Gasteiger partial charge in [-0.1, -0.05) is 50.2 Å². The molecule has 2 aromatic carbocycles. The molecule has 0 heterocycles. The fourth-order valence-electron chi connectivity index (χ4n) is 2.65. The molecule has 1 N–H and O–H groups in total. The molecule has 0 aliphatic heterocycles. The normalized spacial score (nSPS) is 10.4. The molecule has 0 bridgehead atoms. The number of hydrogen-bond donors (Lipinski definition) is 1. The first kappa shape index (κ1) is 19.5. The number of hydrogen-bond acceptors (Lipinski definition) is 4. The molecule has 5 nitrogen and oxygen atoms in total. The monoisotopic (exact) mass is 351 g/mol. The summed E-state index contributed by atoms with van der Waals surface area (Å²) < 4.78 is 5.47. The van der Waals surface area contributed by atoms with E-state index in [-0.39, 0.29) is 12.5 Å². The molecular formula is C21H25N3O2. The van der Waals surface area contributed by atoms with E-state index in [1.54, 1.807) is 24.3 Å². The van der Waals surface area contributed by atoms with Crippen LogP contribution in [0.5, 0.6) is 5.75 Å². The third-order valence-electron chi connectivity index (χ3n) is 4.25. The highest BCUT2D eigenvalue weighted by molar-refractivity contribution is 5.77. The van der Waals surface area contributed by atoms with E-state index in [0.29, 0.717) is 17.9 Å². The molecule has 0 atom stereocenters. The SMILES string of the molecule is CCN(CC)Cc1ccccc1CNC(=O)COc1ccccc1C#N. The van der Waals surface area contributed by atoms with Gasteiger partial charge in [0.15, 0.2) is 6.61 Å². The van der Waals surface area contributed by atoms with Gasteiger partial charge in [0.25, 0.3) is 5.91 Å². The molecule has 0 fully saturated rings. The van der Waals surface area contributed by atoms with Gasteiger partial charge in [-0.2, -0.15) is 5.26 Å². The van der Waals surface area contributed by atoms with Crippen molar-refractivity contribution in [3.05, 3.63) is 65.2 Å². The van der Waals surface area contributed by atoms with E-state index in [4.69, 9.17) is 10.00 Å². The van der Waals surface area contributed by atoms with Gasteiger partial charge in [0.2, 0.25) is 0 Å². The van der Waals surface area contributed by atoms with Crippen molar-refractivity contribution in [3.63, 3.8) is 0 Å². The molecule has 0 unspecified atom stereocenters. The minimum Gasteiger partial charge on any atom is -0.482 e. The molecule has 0 aliphatic rings.